The molecule has 0 aliphatic heterocycles. The van der Waals surface area contributed by atoms with Crippen molar-refractivity contribution < 1.29 is 9.32 Å². The van der Waals surface area contributed by atoms with Crippen LogP contribution in [0.15, 0.2) is 40.3 Å². The molecule has 11 nitrogen and oxygen atoms in total. The number of aromatic amines is 2. The molecule has 0 aromatic carbocycles. The largest absolute Gasteiger partial charge is 0.359 e. The number of hydrogen-bond donors (Lipinski definition) is 3. The van der Waals surface area contributed by atoms with Gasteiger partial charge in [-0.05, 0) is 0 Å². The first-order chi connectivity index (χ1) is 12.2. The fourth-order valence-electron chi connectivity index (χ4n) is 2.20. The first-order valence-corrected chi connectivity index (χ1v) is 7.14. The molecule has 4 heterocycles. The van der Waals surface area contributed by atoms with E-state index in [0.29, 0.717) is 17.3 Å². The maximum Gasteiger partial charge on any atom is 0.272 e. The smallest absolute Gasteiger partial charge is 0.272 e. The Morgan fingerprint density at radius 1 is 1.24 bits per heavy atom. The number of amides is 1. The standard InChI is InChI=1S/C14H10N8O3/c23-9-5-17-10-11(19-6-20-13(10)21-9)14(24)18-4-7-3-8(22-25-7)12-15-1-2-16-12/h1-3,5-6H,4H2,(H,15,16)(H,18,24)(H,19,20,21,23). The second kappa shape index (κ2) is 5.96. The molecule has 124 valence electrons. The Labute approximate surface area is 138 Å². The Balaban J connectivity index is 1.52. The molecule has 0 aliphatic carbocycles. The van der Waals surface area contributed by atoms with Crippen molar-refractivity contribution in [2.45, 2.75) is 6.54 Å². The molecule has 1 amide bonds. The molecule has 11 heteroatoms. The number of fused-ring (bicyclic) bond motifs is 1. The van der Waals surface area contributed by atoms with Crippen LogP contribution in [0.5, 0.6) is 0 Å². The maximum atomic E-state index is 12.3. The van der Waals surface area contributed by atoms with Crippen LogP contribution in [0.3, 0.4) is 0 Å². The van der Waals surface area contributed by atoms with E-state index >= 15 is 0 Å². The summed E-state index contributed by atoms with van der Waals surface area (Å²) >= 11 is 0. The van der Waals surface area contributed by atoms with Gasteiger partial charge in [-0.1, -0.05) is 5.16 Å². The molecule has 0 aliphatic rings. The van der Waals surface area contributed by atoms with Crippen LogP contribution < -0.4 is 10.9 Å². The van der Waals surface area contributed by atoms with E-state index in [2.05, 4.69) is 40.4 Å². The lowest BCUT2D eigenvalue weighted by Gasteiger charge is -2.04. The van der Waals surface area contributed by atoms with Gasteiger partial charge in [0.15, 0.2) is 22.9 Å². The first-order valence-electron chi connectivity index (χ1n) is 7.14. The Kier molecular flexibility index (Phi) is 3.50. The van der Waals surface area contributed by atoms with E-state index in [1.165, 1.54) is 6.33 Å². The number of aromatic nitrogens is 7. The highest BCUT2D eigenvalue weighted by atomic mass is 16.5. The van der Waals surface area contributed by atoms with Gasteiger partial charge in [0.2, 0.25) is 0 Å². The summed E-state index contributed by atoms with van der Waals surface area (Å²) in [6.45, 7) is 0.0986. The van der Waals surface area contributed by atoms with Gasteiger partial charge in [0.1, 0.15) is 17.5 Å². The number of nitrogens with one attached hydrogen (secondary N) is 3. The summed E-state index contributed by atoms with van der Waals surface area (Å²) in [4.78, 5) is 44.8. The molecule has 4 aromatic heterocycles. The summed E-state index contributed by atoms with van der Waals surface area (Å²) < 4.78 is 5.16. The normalized spacial score (nSPS) is 10.9. The number of hydrogen-bond acceptors (Lipinski definition) is 8. The van der Waals surface area contributed by atoms with Crippen molar-refractivity contribution in [1.82, 2.24) is 40.4 Å². The van der Waals surface area contributed by atoms with E-state index in [-0.39, 0.29) is 23.4 Å². The number of carbonyl (C=O) groups is 1. The van der Waals surface area contributed by atoms with Crippen LogP contribution in [0.1, 0.15) is 16.2 Å². The van der Waals surface area contributed by atoms with Gasteiger partial charge in [0.25, 0.3) is 11.5 Å². The van der Waals surface area contributed by atoms with Gasteiger partial charge in [0, 0.05) is 18.5 Å². The molecule has 0 atom stereocenters. The van der Waals surface area contributed by atoms with Gasteiger partial charge in [0.05, 0.1) is 12.7 Å². The fourth-order valence-corrected chi connectivity index (χ4v) is 2.20. The molecule has 0 saturated heterocycles. The molecule has 4 aromatic rings. The molecule has 4 rings (SSSR count). The molecular formula is C14H10N8O3. The maximum absolute atomic E-state index is 12.3. The second-order valence-corrected chi connectivity index (χ2v) is 4.97. The Hall–Kier alpha value is -3.89. The number of imidazole rings is 1. The van der Waals surface area contributed by atoms with Gasteiger partial charge < -0.3 is 19.8 Å². The van der Waals surface area contributed by atoms with Crippen LogP contribution in [0.4, 0.5) is 0 Å². The van der Waals surface area contributed by atoms with Crippen molar-refractivity contribution in [3.63, 3.8) is 0 Å². The molecule has 0 fully saturated rings. The highest BCUT2D eigenvalue weighted by Crippen LogP contribution is 2.14. The van der Waals surface area contributed by atoms with Gasteiger partial charge in [-0.3, -0.25) is 9.59 Å². The summed E-state index contributed by atoms with van der Waals surface area (Å²) in [5, 5.41) is 6.53. The summed E-state index contributed by atoms with van der Waals surface area (Å²) in [7, 11) is 0. The monoisotopic (exact) mass is 338 g/mol. The number of carbonyl (C=O) groups excluding carboxylic acids is 1. The van der Waals surface area contributed by atoms with Gasteiger partial charge in [-0.2, -0.15) is 0 Å². The van der Waals surface area contributed by atoms with Crippen LogP contribution in [0.2, 0.25) is 0 Å². The molecule has 0 unspecified atom stereocenters. The number of H-pyrrole nitrogens is 2. The lowest BCUT2D eigenvalue weighted by Crippen LogP contribution is -2.24. The summed E-state index contributed by atoms with van der Waals surface area (Å²) in [5.74, 6) is 0.527. The zero-order valence-corrected chi connectivity index (χ0v) is 12.6. The zero-order chi connectivity index (χ0) is 17.2. The predicted octanol–water partition coefficient (Wildman–Crippen LogP) is 0.0212. The van der Waals surface area contributed by atoms with E-state index in [9.17, 15) is 9.59 Å². The van der Waals surface area contributed by atoms with Crippen LogP contribution >= 0.6 is 0 Å². The van der Waals surface area contributed by atoms with E-state index in [1.54, 1.807) is 18.5 Å². The highest BCUT2D eigenvalue weighted by molar-refractivity contribution is 6.01. The highest BCUT2D eigenvalue weighted by Gasteiger charge is 2.15. The lowest BCUT2D eigenvalue weighted by atomic mass is 10.3. The van der Waals surface area contributed by atoms with Crippen LogP contribution in [-0.2, 0) is 6.54 Å². The van der Waals surface area contributed by atoms with E-state index in [4.69, 9.17) is 4.52 Å². The van der Waals surface area contributed by atoms with Crippen LogP contribution in [-0.4, -0.2) is 41.0 Å². The topological polar surface area (TPSA) is 155 Å². The minimum Gasteiger partial charge on any atom is -0.359 e. The SMILES string of the molecule is O=C(NCc1cc(-c2ncc[nH]2)no1)c1ncnc2[nH]c(=O)cnc12. The van der Waals surface area contributed by atoms with Crippen molar-refractivity contribution in [2.24, 2.45) is 0 Å². The lowest BCUT2D eigenvalue weighted by molar-refractivity contribution is 0.0943. The zero-order valence-electron chi connectivity index (χ0n) is 12.6. The minimum absolute atomic E-state index is 0.0482. The summed E-state index contributed by atoms with van der Waals surface area (Å²) in [6, 6.07) is 1.66. The van der Waals surface area contributed by atoms with Gasteiger partial charge in [-0.15, -0.1) is 0 Å². The van der Waals surface area contributed by atoms with Crippen molar-refractivity contribution in [3.05, 3.63) is 52.8 Å². The van der Waals surface area contributed by atoms with Crippen molar-refractivity contribution in [1.29, 1.82) is 0 Å². The van der Waals surface area contributed by atoms with Crippen molar-refractivity contribution in [2.75, 3.05) is 0 Å². The molecule has 0 bridgehead atoms. The average Bonchev–Trinajstić information content (AvgIpc) is 3.30. The average molecular weight is 338 g/mol. The molecule has 3 N–H and O–H groups in total. The molecule has 0 saturated carbocycles. The fraction of sp³-hybridized carbons (Fsp3) is 0.0714. The van der Waals surface area contributed by atoms with Crippen molar-refractivity contribution in [3.8, 4) is 11.5 Å². The summed E-state index contributed by atoms with van der Waals surface area (Å²) in [5.41, 5.74) is 0.554. The Bertz CT molecular complexity index is 1100. The quantitative estimate of drug-likeness (QED) is 0.470. The molecule has 0 spiro atoms. The molecule has 25 heavy (non-hydrogen) atoms. The predicted molar refractivity (Wildman–Crippen MR) is 83.2 cm³/mol. The van der Waals surface area contributed by atoms with E-state index in [1.807, 2.05) is 0 Å². The van der Waals surface area contributed by atoms with E-state index in [0.717, 1.165) is 6.20 Å². The second-order valence-electron chi connectivity index (χ2n) is 4.97. The minimum atomic E-state index is -0.483. The molecular weight excluding hydrogens is 328 g/mol. The summed E-state index contributed by atoms with van der Waals surface area (Å²) in [6.07, 6.45) is 5.51. The Morgan fingerprint density at radius 2 is 2.16 bits per heavy atom. The van der Waals surface area contributed by atoms with Gasteiger partial charge in [-0.25, -0.2) is 19.9 Å². The third-order valence-electron chi connectivity index (χ3n) is 3.31. The first kappa shape index (κ1) is 14.7. The van der Waals surface area contributed by atoms with Crippen LogP contribution in [0, 0.1) is 0 Å². The third-order valence-corrected chi connectivity index (χ3v) is 3.31. The molecule has 0 radical (unpaired) electrons. The number of rotatable bonds is 4. The Morgan fingerprint density at radius 3 is 3.00 bits per heavy atom. The van der Waals surface area contributed by atoms with Gasteiger partial charge >= 0.3 is 0 Å². The van der Waals surface area contributed by atoms with E-state index < -0.39 is 11.5 Å². The van der Waals surface area contributed by atoms with Crippen LogP contribution in [0.25, 0.3) is 22.7 Å². The third kappa shape index (κ3) is 2.85. The number of nitrogens with zero attached hydrogens (tertiary/aromatic N) is 5. The van der Waals surface area contributed by atoms with Crippen molar-refractivity contribution >= 4 is 17.1 Å².